The van der Waals surface area contributed by atoms with Crippen LogP contribution in [-0.2, 0) is 0 Å². The molecular weight excluding hydrogens is 460 g/mol. The number of methoxy groups -OCH3 is 1. The van der Waals surface area contributed by atoms with Crippen LogP contribution in [0, 0.1) is 16.7 Å². The van der Waals surface area contributed by atoms with Crippen molar-refractivity contribution in [1.29, 1.82) is 10.8 Å². The van der Waals surface area contributed by atoms with Crippen LogP contribution < -0.4 is 15.2 Å². The Labute approximate surface area is 211 Å². The van der Waals surface area contributed by atoms with Gasteiger partial charge in [-0.2, -0.15) is 0 Å². The number of nitrogens with two attached hydrogens (primary N) is 1. The molecule has 1 fully saturated rings. The molecular formula is C26H34N6O2S. The highest BCUT2D eigenvalue weighted by Crippen LogP contribution is 2.35. The third-order valence-electron chi connectivity index (χ3n) is 5.85. The second-order valence-corrected chi connectivity index (χ2v) is 9.15. The number of hydrogen-bond donors (Lipinski definition) is 3. The van der Waals surface area contributed by atoms with Crippen LogP contribution in [0.3, 0.4) is 0 Å². The van der Waals surface area contributed by atoms with Crippen molar-refractivity contribution < 1.29 is 10.9 Å². The van der Waals surface area contributed by atoms with E-state index >= 15 is 0 Å². The predicted molar refractivity (Wildman–Crippen MR) is 145 cm³/mol. The molecule has 8 nitrogen and oxygen atoms in total. The topological polar surface area (TPSA) is 131 Å². The van der Waals surface area contributed by atoms with E-state index in [2.05, 4.69) is 28.1 Å². The van der Waals surface area contributed by atoms with Gasteiger partial charge in [-0.3, -0.25) is 5.41 Å². The van der Waals surface area contributed by atoms with Crippen molar-refractivity contribution in [2.75, 3.05) is 19.5 Å². The van der Waals surface area contributed by atoms with E-state index in [1.54, 1.807) is 13.3 Å². The van der Waals surface area contributed by atoms with Gasteiger partial charge in [-0.1, -0.05) is 43.4 Å². The van der Waals surface area contributed by atoms with Crippen LogP contribution in [0.1, 0.15) is 45.8 Å². The second-order valence-electron chi connectivity index (χ2n) is 8.09. The van der Waals surface area contributed by atoms with Crippen molar-refractivity contribution >= 4 is 28.4 Å². The highest BCUT2D eigenvalue weighted by atomic mass is 32.1. The number of ether oxygens (including phenoxy) is 2. The van der Waals surface area contributed by atoms with Gasteiger partial charge in [0, 0.05) is 19.4 Å². The van der Waals surface area contributed by atoms with E-state index in [0.29, 0.717) is 28.9 Å². The van der Waals surface area contributed by atoms with Gasteiger partial charge in [0.25, 0.3) is 0 Å². The fraction of sp³-hybridized carbons (Fsp3) is 0.346. The van der Waals surface area contributed by atoms with Crippen LogP contribution in [-0.4, -0.2) is 40.6 Å². The lowest BCUT2D eigenvalue weighted by Gasteiger charge is -2.21. The first kappa shape index (κ1) is 26.0. The number of nitrogens with one attached hydrogen (secondary N) is 2. The number of thiazole rings is 1. The zero-order valence-corrected chi connectivity index (χ0v) is 20.9. The lowest BCUT2D eigenvalue weighted by molar-refractivity contribution is 0.246. The van der Waals surface area contributed by atoms with E-state index in [4.69, 9.17) is 26.0 Å². The molecule has 1 aromatic carbocycles. The summed E-state index contributed by atoms with van der Waals surface area (Å²) in [5.74, 6) is 2.28. The molecule has 1 saturated carbocycles. The van der Waals surface area contributed by atoms with Crippen molar-refractivity contribution in [2.24, 2.45) is 5.92 Å². The predicted octanol–water partition coefficient (Wildman–Crippen LogP) is 6.27. The van der Waals surface area contributed by atoms with Crippen molar-refractivity contribution in [3.8, 4) is 33.3 Å². The van der Waals surface area contributed by atoms with Gasteiger partial charge in [0.2, 0.25) is 0 Å². The molecule has 0 aliphatic heterocycles. The lowest BCUT2D eigenvalue weighted by Crippen LogP contribution is -2.11. The molecule has 9 heteroatoms. The molecule has 0 bridgehead atoms. The average molecular weight is 495 g/mol. The van der Waals surface area contributed by atoms with Crippen LogP contribution in [0.4, 0.5) is 5.13 Å². The molecule has 0 atom stereocenters. The molecule has 0 unspecified atom stereocenters. The van der Waals surface area contributed by atoms with Gasteiger partial charge in [0.05, 0.1) is 30.0 Å². The van der Waals surface area contributed by atoms with E-state index in [-0.39, 0.29) is 13.0 Å². The molecule has 35 heavy (non-hydrogen) atoms. The van der Waals surface area contributed by atoms with Gasteiger partial charge in [0.1, 0.15) is 17.2 Å². The van der Waals surface area contributed by atoms with Crippen LogP contribution in [0.2, 0.25) is 0 Å². The molecule has 186 valence electrons. The number of nitrogen functional groups attached to an aromatic ring is 1. The third kappa shape index (κ3) is 6.73. The number of rotatable bonds is 9. The maximum Gasteiger partial charge on any atom is 0.180 e. The summed E-state index contributed by atoms with van der Waals surface area (Å²) < 4.78 is 11.7. The summed E-state index contributed by atoms with van der Waals surface area (Å²) in [7, 11) is 1.61. The summed E-state index contributed by atoms with van der Waals surface area (Å²) in [6.07, 6.45) is 10.2. The molecule has 2 heterocycles. The number of anilines is 1. The number of aromatic nitrogens is 3. The summed E-state index contributed by atoms with van der Waals surface area (Å²) in [5.41, 5.74) is 7.60. The van der Waals surface area contributed by atoms with E-state index in [9.17, 15) is 0 Å². The van der Waals surface area contributed by atoms with Crippen LogP contribution in [0.15, 0.2) is 43.6 Å². The first-order chi connectivity index (χ1) is 17.1. The lowest BCUT2D eigenvalue weighted by atomic mass is 9.87. The molecule has 0 radical (unpaired) electrons. The number of nitrogens with zero attached hydrogens (tertiary/aromatic N) is 3. The minimum absolute atomic E-state index is 0. The largest absolute Gasteiger partial charge is 0.496 e. The number of hydrogen-bond acceptors (Lipinski definition) is 9. The normalized spacial score (nSPS) is 13.4. The summed E-state index contributed by atoms with van der Waals surface area (Å²) in [6.45, 7) is 6.68. The van der Waals surface area contributed by atoms with Crippen molar-refractivity contribution in [3.63, 3.8) is 0 Å². The Bertz CT molecular complexity index is 1160. The Morgan fingerprint density at radius 1 is 1.20 bits per heavy atom. The Kier molecular flexibility index (Phi) is 9.48. The summed E-state index contributed by atoms with van der Waals surface area (Å²) in [6, 6.07) is 7.48. The van der Waals surface area contributed by atoms with Gasteiger partial charge in [0.15, 0.2) is 11.0 Å². The minimum atomic E-state index is -0.0885. The Morgan fingerprint density at radius 3 is 2.60 bits per heavy atom. The monoisotopic (exact) mass is 494 g/mol. The smallest absolute Gasteiger partial charge is 0.180 e. The number of benzene rings is 1. The molecule has 1 aliphatic rings. The molecule has 0 saturated heterocycles. The quantitative estimate of drug-likeness (QED) is 0.237. The van der Waals surface area contributed by atoms with E-state index in [1.807, 2.05) is 24.3 Å². The van der Waals surface area contributed by atoms with Crippen LogP contribution in [0.25, 0.3) is 21.8 Å². The second kappa shape index (κ2) is 12.8. The van der Waals surface area contributed by atoms with Gasteiger partial charge in [-0.05, 0) is 36.6 Å². The van der Waals surface area contributed by atoms with Crippen molar-refractivity contribution in [2.45, 2.75) is 38.5 Å². The Morgan fingerprint density at radius 2 is 1.94 bits per heavy atom. The highest BCUT2D eigenvalue weighted by Gasteiger charge is 2.17. The molecule has 0 spiro atoms. The first-order valence-electron chi connectivity index (χ1n) is 11.6. The maximum absolute atomic E-state index is 8.07. The SMILES string of the molecule is C=C.COc1ccc(OCCC2CCCCC2)cc1-c1cc(-c2cnc(N)s2)nc(C(=N)C=N)n1.[HH]. The molecule has 3 aromatic rings. The van der Waals surface area contributed by atoms with Gasteiger partial charge < -0.3 is 20.6 Å². The van der Waals surface area contributed by atoms with Crippen molar-refractivity contribution in [1.82, 2.24) is 15.0 Å². The standard InChI is InChI=1S/C24H28N6O2S.C2H4.H2/c1-31-21-8-7-16(32-10-9-15-5-3-2-4-6-15)11-17(21)19-12-20(22-14-28-24(27)33-22)30-23(29-19)18(26)13-25;1-2;/h7-8,11-15,25-26H,2-6,9-10H2,1H3,(H2,27,28);1-2H2;1H. The van der Waals surface area contributed by atoms with E-state index < -0.39 is 0 Å². The average Bonchev–Trinajstić information content (AvgIpc) is 3.36. The highest BCUT2D eigenvalue weighted by molar-refractivity contribution is 7.18. The van der Waals surface area contributed by atoms with Crippen LogP contribution >= 0.6 is 11.3 Å². The summed E-state index contributed by atoms with van der Waals surface area (Å²) in [4.78, 5) is 13.9. The summed E-state index contributed by atoms with van der Waals surface area (Å²) >= 11 is 1.30. The van der Waals surface area contributed by atoms with E-state index in [0.717, 1.165) is 34.7 Å². The minimum Gasteiger partial charge on any atom is -0.496 e. The van der Waals surface area contributed by atoms with Gasteiger partial charge >= 0.3 is 0 Å². The fourth-order valence-electron chi connectivity index (χ4n) is 4.10. The fourth-order valence-corrected chi connectivity index (χ4v) is 4.74. The zero-order chi connectivity index (χ0) is 25.2. The maximum atomic E-state index is 8.07. The Balaban J connectivity index is 0.00000148. The molecule has 1 aliphatic carbocycles. The van der Waals surface area contributed by atoms with E-state index in [1.165, 1.54) is 43.4 Å². The third-order valence-corrected chi connectivity index (χ3v) is 6.70. The molecule has 4 rings (SSSR count). The van der Waals surface area contributed by atoms with Crippen LogP contribution in [0.5, 0.6) is 11.5 Å². The molecule has 0 amide bonds. The Hall–Kier alpha value is -3.59. The molecule has 2 aromatic heterocycles. The molecule has 4 N–H and O–H groups in total. The van der Waals surface area contributed by atoms with Crippen molar-refractivity contribution in [3.05, 3.63) is 49.4 Å². The summed E-state index contributed by atoms with van der Waals surface area (Å²) in [5, 5.41) is 16.0. The first-order valence-corrected chi connectivity index (χ1v) is 12.4. The zero-order valence-electron chi connectivity index (χ0n) is 20.0. The van der Waals surface area contributed by atoms with Gasteiger partial charge in [-0.25, -0.2) is 15.0 Å². The van der Waals surface area contributed by atoms with Gasteiger partial charge in [-0.15, -0.1) is 13.2 Å².